The lowest BCUT2D eigenvalue weighted by Gasteiger charge is -2.18. The Morgan fingerprint density at radius 3 is 2.50 bits per heavy atom. The van der Waals surface area contributed by atoms with Crippen molar-refractivity contribution in [1.29, 1.82) is 0 Å². The van der Waals surface area contributed by atoms with Crippen LogP contribution >= 0.6 is 22.7 Å². The molecule has 3 aromatic heterocycles. The maximum Gasteiger partial charge on any atom is 0.234 e. The first kappa shape index (κ1) is 15.5. The SMILES string of the molecule is CC(C)(C)c1ccc(-c2nnc3sc(Cc4cccs4)nn23)cc1. The van der Waals surface area contributed by atoms with Gasteiger partial charge in [-0.1, -0.05) is 62.4 Å². The molecule has 0 spiro atoms. The summed E-state index contributed by atoms with van der Waals surface area (Å²) in [4.78, 5) is 2.16. The molecule has 0 saturated heterocycles. The number of fused-ring (bicyclic) bond motifs is 1. The van der Waals surface area contributed by atoms with E-state index < -0.39 is 0 Å². The minimum absolute atomic E-state index is 0.146. The van der Waals surface area contributed by atoms with Crippen LogP contribution in [0.4, 0.5) is 0 Å². The molecule has 0 N–H and O–H groups in total. The van der Waals surface area contributed by atoms with Gasteiger partial charge in [-0.25, -0.2) is 0 Å². The van der Waals surface area contributed by atoms with E-state index in [0.29, 0.717) is 0 Å². The molecule has 0 saturated carbocycles. The molecular weight excluding hydrogens is 336 g/mol. The number of rotatable bonds is 3. The van der Waals surface area contributed by atoms with Gasteiger partial charge in [0.2, 0.25) is 4.96 Å². The number of hydrogen-bond donors (Lipinski definition) is 0. The Bertz CT molecular complexity index is 957. The van der Waals surface area contributed by atoms with Gasteiger partial charge in [0.1, 0.15) is 5.01 Å². The normalized spacial score (nSPS) is 12.1. The summed E-state index contributed by atoms with van der Waals surface area (Å²) in [7, 11) is 0. The summed E-state index contributed by atoms with van der Waals surface area (Å²) < 4.78 is 1.86. The Kier molecular flexibility index (Phi) is 3.73. The fourth-order valence-corrected chi connectivity index (χ4v) is 4.25. The Balaban J connectivity index is 1.68. The van der Waals surface area contributed by atoms with E-state index in [1.807, 2.05) is 4.52 Å². The molecular formula is C18H18N4S2. The lowest BCUT2D eigenvalue weighted by Crippen LogP contribution is -2.10. The summed E-state index contributed by atoms with van der Waals surface area (Å²) in [5, 5.41) is 16.5. The predicted octanol–water partition coefficient (Wildman–Crippen LogP) is 4.80. The van der Waals surface area contributed by atoms with Gasteiger partial charge in [-0.2, -0.15) is 9.61 Å². The second-order valence-corrected chi connectivity index (χ2v) is 8.87. The first-order chi connectivity index (χ1) is 11.5. The topological polar surface area (TPSA) is 43.1 Å². The number of nitrogens with zero attached hydrogens (tertiary/aromatic N) is 4. The van der Waals surface area contributed by atoms with Gasteiger partial charge in [0.25, 0.3) is 0 Å². The molecule has 4 rings (SSSR count). The minimum Gasteiger partial charge on any atom is -0.183 e. The number of hydrogen-bond acceptors (Lipinski definition) is 5. The first-order valence-corrected chi connectivity index (χ1v) is 9.55. The molecule has 0 amide bonds. The second kappa shape index (κ2) is 5.79. The van der Waals surface area contributed by atoms with Crippen LogP contribution in [0.1, 0.15) is 36.2 Å². The molecule has 0 aliphatic carbocycles. The van der Waals surface area contributed by atoms with E-state index in [1.54, 1.807) is 22.7 Å². The number of thiophene rings is 1. The summed E-state index contributed by atoms with van der Waals surface area (Å²) >= 11 is 3.36. The third-order valence-electron chi connectivity index (χ3n) is 3.95. The lowest BCUT2D eigenvalue weighted by atomic mass is 9.87. The first-order valence-electron chi connectivity index (χ1n) is 7.85. The van der Waals surface area contributed by atoms with E-state index in [9.17, 15) is 0 Å². The average molecular weight is 355 g/mol. The van der Waals surface area contributed by atoms with E-state index in [4.69, 9.17) is 5.10 Å². The molecule has 0 bridgehead atoms. The van der Waals surface area contributed by atoms with Crippen LogP contribution < -0.4 is 0 Å². The fraction of sp³-hybridized carbons (Fsp3) is 0.278. The van der Waals surface area contributed by atoms with Crippen LogP contribution in [-0.4, -0.2) is 19.8 Å². The van der Waals surface area contributed by atoms with Gasteiger partial charge in [-0.05, 0) is 22.4 Å². The van der Waals surface area contributed by atoms with Crippen molar-refractivity contribution >= 4 is 27.6 Å². The second-order valence-electron chi connectivity index (χ2n) is 6.80. The number of aromatic nitrogens is 4. The monoisotopic (exact) mass is 354 g/mol. The Labute approximate surface area is 148 Å². The van der Waals surface area contributed by atoms with Crippen LogP contribution in [0.25, 0.3) is 16.3 Å². The van der Waals surface area contributed by atoms with Crippen molar-refractivity contribution in [2.24, 2.45) is 0 Å². The lowest BCUT2D eigenvalue weighted by molar-refractivity contribution is 0.590. The Hall–Kier alpha value is -2.05. The molecule has 0 aliphatic heterocycles. The summed E-state index contributed by atoms with van der Waals surface area (Å²) in [6.07, 6.45) is 0.855. The maximum atomic E-state index is 4.71. The highest BCUT2D eigenvalue weighted by atomic mass is 32.1. The molecule has 0 unspecified atom stereocenters. The van der Waals surface area contributed by atoms with Crippen molar-refractivity contribution < 1.29 is 0 Å². The number of benzene rings is 1. The van der Waals surface area contributed by atoms with E-state index in [0.717, 1.165) is 27.8 Å². The zero-order valence-electron chi connectivity index (χ0n) is 13.9. The van der Waals surface area contributed by atoms with Crippen LogP contribution in [0, 0.1) is 0 Å². The van der Waals surface area contributed by atoms with Crippen molar-refractivity contribution in [2.45, 2.75) is 32.6 Å². The van der Waals surface area contributed by atoms with Crippen molar-refractivity contribution in [3.05, 3.63) is 57.2 Å². The van der Waals surface area contributed by atoms with Crippen molar-refractivity contribution in [2.75, 3.05) is 0 Å². The third-order valence-corrected chi connectivity index (χ3v) is 5.72. The largest absolute Gasteiger partial charge is 0.234 e. The molecule has 24 heavy (non-hydrogen) atoms. The zero-order valence-corrected chi connectivity index (χ0v) is 15.5. The highest BCUT2D eigenvalue weighted by molar-refractivity contribution is 7.17. The highest BCUT2D eigenvalue weighted by Crippen LogP contribution is 2.27. The van der Waals surface area contributed by atoms with E-state index in [2.05, 4.69) is 72.7 Å². The molecule has 0 atom stereocenters. The van der Waals surface area contributed by atoms with Gasteiger partial charge in [0.15, 0.2) is 5.82 Å². The van der Waals surface area contributed by atoms with Crippen molar-refractivity contribution in [1.82, 2.24) is 19.8 Å². The minimum atomic E-state index is 0.146. The van der Waals surface area contributed by atoms with E-state index >= 15 is 0 Å². The van der Waals surface area contributed by atoms with Gasteiger partial charge in [0.05, 0.1) is 0 Å². The summed E-state index contributed by atoms with van der Waals surface area (Å²) in [5.41, 5.74) is 2.50. The van der Waals surface area contributed by atoms with Crippen LogP contribution in [-0.2, 0) is 11.8 Å². The molecule has 1 aromatic carbocycles. The molecule has 3 heterocycles. The van der Waals surface area contributed by atoms with Crippen LogP contribution in [0.2, 0.25) is 0 Å². The van der Waals surface area contributed by atoms with Gasteiger partial charge < -0.3 is 0 Å². The van der Waals surface area contributed by atoms with Crippen LogP contribution in [0.3, 0.4) is 0 Å². The molecule has 4 aromatic rings. The fourth-order valence-electron chi connectivity index (χ4n) is 2.59. The van der Waals surface area contributed by atoms with Gasteiger partial charge in [0, 0.05) is 16.9 Å². The average Bonchev–Trinajstić information content (AvgIpc) is 3.24. The van der Waals surface area contributed by atoms with E-state index in [-0.39, 0.29) is 5.41 Å². The summed E-state index contributed by atoms with van der Waals surface area (Å²) in [6, 6.07) is 12.7. The maximum absolute atomic E-state index is 4.71. The quantitative estimate of drug-likeness (QED) is 0.530. The van der Waals surface area contributed by atoms with Crippen molar-refractivity contribution in [3.8, 4) is 11.4 Å². The van der Waals surface area contributed by atoms with Gasteiger partial charge >= 0.3 is 0 Å². The molecule has 4 nitrogen and oxygen atoms in total. The van der Waals surface area contributed by atoms with Crippen LogP contribution in [0.5, 0.6) is 0 Å². The van der Waals surface area contributed by atoms with Gasteiger partial charge in [-0.15, -0.1) is 21.5 Å². The standard InChI is InChI=1S/C18H18N4S2/c1-18(2,3)13-8-6-12(7-9-13)16-19-20-17-22(16)21-15(24-17)11-14-5-4-10-23-14/h4-10H,11H2,1-3H3. The summed E-state index contributed by atoms with van der Waals surface area (Å²) in [6.45, 7) is 6.65. The molecule has 122 valence electrons. The zero-order chi connectivity index (χ0) is 16.7. The molecule has 6 heteroatoms. The van der Waals surface area contributed by atoms with E-state index in [1.165, 1.54) is 10.4 Å². The summed E-state index contributed by atoms with van der Waals surface area (Å²) in [5.74, 6) is 0.805. The predicted molar refractivity (Wildman–Crippen MR) is 99.9 cm³/mol. The Morgan fingerprint density at radius 1 is 1.04 bits per heavy atom. The molecule has 0 radical (unpaired) electrons. The third kappa shape index (κ3) is 2.87. The molecule has 0 aliphatic rings. The van der Waals surface area contributed by atoms with Crippen LogP contribution in [0.15, 0.2) is 41.8 Å². The Morgan fingerprint density at radius 2 is 1.83 bits per heavy atom. The molecule has 0 fully saturated rings. The smallest absolute Gasteiger partial charge is 0.183 e. The highest BCUT2D eigenvalue weighted by Gasteiger charge is 2.16. The van der Waals surface area contributed by atoms with Gasteiger partial charge in [-0.3, -0.25) is 0 Å². The van der Waals surface area contributed by atoms with Crippen molar-refractivity contribution in [3.63, 3.8) is 0 Å².